The van der Waals surface area contributed by atoms with Crippen LogP contribution in [0.3, 0.4) is 0 Å². The highest BCUT2D eigenvalue weighted by molar-refractivity contribution is 5.78. The van der Waals surface area contributed by atoms with E-state index in [4.69, 9.17) is 9.47 Å². The normalized spacial score (nSPS) is 10.8. The molecule has 0 saturated carbocycles. The second-order valence-corrected chi connectivity index (χ2v) is 6.98. The van der Waals surface area contributed by atoms with Crippen LogP contribution in [0.25, 0.3) is 22.3 Å². The van der Waals surface area contributed by atoms with Crippen LogP contribution in [0.2, 0.25) is 0 Å². The molecule has 0 atom stereocenters. The van der Waals surface area contributed by atoms with Gasteiger partial charge in [-0.15, -0.1) is 10.2 Å². The van der Waals surface area contributed by atoms with Gasteiger partial charge in [-0.1, -0.05) is 42.5 Å². The van der Waals surface area contributed by atoms with Crippen molar-refractivity contribution in [1.82, 2.24) is 25.6 Å². The summed E-state index contributed by atoms with van der Waals surface area (Å²) in [7, 11) is 0. The summed E-state index contributed by atoms with van der Waals surface area (Å²) in [4.78, 5) is 4.63. The number of tetrazole rings is 1. The van der Waals surface area contributed by atoms with E-state index < -0.39 is 0 Å². The highest BCUT2D eigenvalue weighted by Crippen LogP contribution is 2.21. The maximum Gasteiger partial charge on any atom is 0.204 e. The van der Waals surface area contributed by atoms with Crippen LogP contribution < -0.4 is 9.47 Å². The first-order chi connectivity index (χ1) is 15.3. The molecule has 5 rings (SSSR count). The molecule has 7 nitrogen and oxygen atoms in total. The smallest absolute Gasteiger partial charge is 0.204 e. The Hall–Kier alpha value is -4.26. The molecule has 0 saturated heterocycles. The van der Waals surface area contributed by atoms with Crippen LogP contribution in [-0.2, 0) is 13.2 Å². The number of para-hydroxylation sites is 1. The monoisotopic (exact) mass is 409 g/mol. The van der Waals surface area contributed by atoms with Gasteiger partial charge in [0.05, 0.1) is 11.2 Å². The van der Waals surface area contributed by atoms with E-state index >= 15 is 0 Å². The lowest BCUT2D eigenvalue weighted by Crippen LogP contribution is -1.99. The van der Waals surface area contributed by atoms with Crippen LogP contribution in [0.15, 0.2) is 84.9 Å². The fraction of sp³-hybridized carbons (Fsp3) is 0.0833. The topological polar surface area (TPSA) is 85.8 Å². The Labute approximate surface area is 178 Å². The molecule has 152 valence electrons. The minimum absolute atomic E-state index is 0.411. The Bertz CT molecular complexity index is 1290. The molecule has 0 aliphatic heterocycles. The molecule has 31 heavy (non-hydrogen) atoms. The molecule has 0 spiro atoms. The summed E-state index contributed by atoms with van der Waals surface area (Å²) in [6.07, 6.45) is 0. The Kier molecular flexibility index (Phi) is 5.22. The Morgan fingerprint density at radius 2 is 1.55 bits per heavy atom. The first kappa shape index (κ1) is 18.7. The zero-order chi connectivity index (χ0) is 20.9. The number of aromatic amines is 1. The minimum atomic E-state index is 0.411. The minimum Gasteiger partial charge on any atom is -0.489 e. The number of H-pyrrole nitrogens is 1. The van der Waals surface area contributed by atoms with E-state index in [1.807, 2.05) is 78.9 Å². The lowest BCUT2D eigenvalue weighted by atomic mass is 10.1. The summed E-state index contributed by atoms with van der Waals surface area (Å²) < 4.78 is 11.8. The van der Waals surface area contributed by atoms with Gasteiger partial charge in [0.1, 0.15) is 24.7 Å². The molecule has 0 fully saturated rings. The number of benzene rings is 3. The number of rotatable bonds is 7. The van der Waals surface area contributed by atoms with E-state index in [1.54, 1.807) is 0 Å². The van der Waals surface area contributed by atoms with Gasteiger partial charge in [-0.05, 0) is 53.2 Å². The van der Waals surface area contributed by atoms with Gasteiger partial charge in [-0.2, -0.15) is 5.21 Å². The van der Waals surface area contributed by atoms with E-state index in [0.717, 1.165) is 39.2 Å². The summed E-state index contributed by atoms with van der Waals surface area (Å²) in [5.41, 5.74) is 3.77. The fourth-order valence-corrected chi connectivity index (χ4v) is 3.23. The molecule has 2 heterocycles. The van der Waals surface area contributed by atoms with Gasteiger partial charge in [0.25, 0.3) is 0 Å². The number of hydrogen-bond acceptors (Lipinski definition) is 6. The standard InChI is InChI=1S/C24H19N5O2/c1-2-7-23-18(5-1)8-9-20(25-23)16-31-22-12-10-21(11-13-22)30-15-17-4-3-6-19(14-17)24-26-28-29-27-24/h1-14H,15-16H2,(H,26,27,28,29). The average Bonchev–Trinajstić information content (AvgIpc) is 3.37. The molecule has 3 aromatic carbocycles. The van der Waals surface area contributed by atoms with Gasteiger partial charge in [0, 0.05) is 10.9 Å². The summed E-state index contributed by atoms with van der Waals surface area (Å²) in [6, 6.07) is 27.5. The van der Waals surface area contributed by atoms with Crippen molar-refractivity contribution >= 4 is 10.9 Å². The Morgan fingerprint density at radius 1 is 0.742 bits per heavy atom. The van der Waals surface area contributed by atoms with Crippen molar-refractivity contribution < 1.29 is 9.47 Å². The number of pyridine rings is 1. The Balaban J connectivity index is 1.18. The highest BCUT2D eigenvalue weighted by Gasteiger charge is 2.05. The van der Waals surface area contributed by atoms with Gasteiger partial charge in [-0.25, -0.2) is 4.98 Å². The van der Waals surface area contributed by atoms with Crippen molar-refractivity contribution in [2.24, 2.45) is 0 Å². The van der Waals surface area contributed by atoms with Gasteiger partial charge >= 0.3 is 0 Å². The predicted molar refractivity (Wildman–Crippen MR) is 116 cm³/mol. The third-order valence-corrected chi connectivity index (χ3v) is 4.80. The zero-order valence-electron chi connectivity index (χ0n) is 16.6. The molecule has 7 heteroatoms. The number of nitrogens with zero attached hydrogens (tertiary/aromatic N) is 4. The molecule has 0 amide bonds. The van der Waals surface area contributed by atoms with E-state index in [-0.39, 0.29) is 0 Å². The SMILES string of the molecule is c1cc(COc2ccc(OCc3ccc4ccccc4n3)cc2)cc(-c2nn[nH]n2)c1. The second-order valence-electron chi connectivity index (χ2n) is 6.98. The molecule has 0 radical (unpaired) electrons. The van der Waals surface area contributed by atoms with E-state index in [0.29, 0.717) is 19.0 Å². The van der Waals surface area contributed by atoms with Crippen molar-refractivity contribution in [2.45, 2.75) is 13.2 Å². The van der Waals surface area contributed by atoms with Crippen molar-refractivity contribution in [1.29, 1.82) is 0 Å². The van der Waals surface area contributed by atoms with Crippen LogP contribution in [0.1, 0.15) is 11.3 Å². The molecular weight excluding hydrogens is 390 g/mol. The third kappa shape index (κ3) is 4.51. The largest absolute Gasteiger partial charge is 0.489 e. The third-order valence-electron chi connectivity index (χ3n) is 4.80. The van der Waals surface area contributed by atoms with Crippen molar-refractivity contribution in [2.75, 3.05) is 0 Å². The highest BCUT2D eigenvalue weighted by atomic mass is 16.5. The van der Waals surface area contributed by atoms with Gasteiger partial charge in [0.15, 0.2) is 0 Å². The second kappa shape index (κ2) is 8.62. The summed E-state index contributed by atoms with van der Waals surface area (Å²) in [6.45, 7) is 0.848. The summed E-state index contributed by atoms with van der Waals surface area (Å²) >= 11 is 0. The predicted octanol–water partition coefficient (Wildman–Crippen LogP) is 4.57. The van der Waals surface area contributed by atoms with E-state index in [2.05, 4.69) is 31.7 Å². The van der Waals surface area contributed by atoms with Crippen molar-refractivity contribution in [3.63, 3.8) is 0 Å². The van der Waals surface area contributed by atoms with Crippen LogP contribution in [0.5, 0.6) is 11.5 Å². The van der Waals surface area contributed by atoms with Crippen molar-refractivity contribution in [3.05, 3.63) is 96.2 Å². The van der Waals surface area contributed by atoms with E-state index in [1.165, 1.54) is 0 Å². The quantitative estimate of drug-likeness (QED) is 0.424. The molecule has 0 aliphatic rings. The summed E-state index contributed by atoms with van der Waals surface area (Å²) in [5, 5.41) is 15.2. The first-order valence-electron chi connectivity index (χ1n) is 9.87. The number of hydrogen-bond donors (Lipinski definition) is 1. The fourth-order valence-electron chi connectivity index (χ4n) is 3.23. The van der Waals surface area contributed by atoms with Gasteiger partial charge < -0.3 is 9.47 Å². The van der Waals surface area contributed by atoms with Crippen LogP contribution in [0.4, 0.5) is 0 Å². The maximum atomic E-state index is 5.90. The summed E-state index contributed by atoms with van der Waals surface area (Å²) in [5.74, 6) is 2.09. The van der Waals surface area contributed by atoms with Gasteiger partial charge in [0.2, 0.25) is 5.82 Å². The number of nitrogens with one attached hydrogen (secondary N) is 1. The first-order valence-corrected chi connectivity index (χ1v) is 9.87. The van der Waals surface area contributed by atoms with E-state index in [9.17, 15) is 0 Å². The Morgan fingerprint density at radius 3 is 2.35 bits per heavy atom. The van der Waals surface area contributed by atoms with Crippen LogP contribution in [0, 0.1) is 0 Å². The van der Waals surface area contributed by atoms with Gasteiger partial charge in [-0.3, -0.25) is 0 Å². The lowest BCUT2D eigenvalue weighted by molar-refractivity contribution is 0.295. The van der Waals surface area contributed by atoms with Crippen molar-refractivity contribution in [3.8, 4) is 22.9 Å². The van der Waals surface area contributed by atoms with Crippen LogP contribution >= 0.6 is 0 Å². The average molecular weight is 409 g/mol. The van der Waals surface area contributed by atoms with Crippen LogP contribution in [-0.4, -0.2) is 25.6 Å². The molecule has 0 unspecified atom stereocenters. The maximum absolute atomic E-state index is 5.90. The molecular formula is C24H19N5O2. The molecule has 1 N–H and O–H groups in total. The number of fused-ring (bicyclic) bond motifs is 1. The number of aromatic nitrogens is 5. The molecule has 0 aliphatic carbocycles. The molecule has 5 aromatic rings. The number of ether oxygens (including phenoxy) is 2. The lowest BCUT2D eigenvalue weighted by Gasteiger charge is -2.09. The molecule has 2 aromatic heterocycles. The zero-order valence-corrected chi connectivity index (χ0v) is 16.6. The molecule has 0 bridgehead atoms.